The van der Waals surface area contributed by atoms with E-state index < -0.39 is 30.8 Å². The third kappa shape index (κ3) is 4.30. The highest BCUT2D eigenvalue weighted by molar-refractivity contribution is 7.96. The van der Waals surface area contributed by atoms with Gasteiger partial charge < -0.3 is 10.1 Å². The van der Waals surface area contributed by atoms with Crippen LogP contribution < -0.4 is 5.32 Å². The van der Waals surface area contributed by atoms with Crippen LogP contribution in [0, 0.1) is 0 Å². The van der Waals surface area contributed by atoms with Gasteiger partial charge in [-0.25, -0.2) is 16.8 Å². The fraction of sp³-hybridized carbons (Fsp3) is 0.500. The zero-order valence-electron chi connectivity index (χ0n) is 12.7. The van der Waals surface area contributed by atoms with E-state index in [2.05, 4.69) is 5.32 Å². The quantitative estimate of drug-likeness (QED) is 0.716. The number of carbonyl (C=O) groups is 1. The Labute approximate surface area is 135 Å². The Morgan fingerprint density at radius 2 is 2.13 bits per heavy atom. The van der Waals surface area contributed by atoms with Crippen molar-refractivity contribution in [3.63, 3.8) is 0 Å². The molecule has 1 fully saturated rings. The average molecular weight is 361 g/mol. The summed E-state index contributed by atoms with van der Waals surface area (Å²) in [5.41, 5.74) is 0.211. The predicted molar refractivity (Wildman–Crippen MR) is 84.9 cm³/mol. The molecule has 1 amide bonds. The van der Waals surface area contributed by atoms with Crippen LogP contribution in [0.5, 0.6) is 0 Å². The van der Waals surface area contributed by atoms with E-state index in [1.165, 1.54) is 31.4 Å². The molecule has 1 aliphatic heterocycles. The molecule has 128 valence electrons. The first-order chi connectivity index (χ1) is 10.8. The number of nitrogens with one attached hydrogen (secondary N) is 1. The van der Waals surface area contributed by atoms with E-state index in [1.54, 1.807) is 0 Å². The van der Waals surface area contributed by atoms with Crippen LogP contribution in [-0.4, -0.2) is 59.8 Å². The van der Waals surface area contributed by atoms with E-state index in [4.69, 9.17) is 4.74 Å². The van der Waals surface area contributed by atoms with Gasteiger partial charge in [-0.05, 0) is 24.6 Å². The van der Waals surface area contributed by atoms with E-state index in [0.717, 1.165) is 0 Å². The Hall–Kier alpha value is -1.45. The molecule has 0 aromatic heterocycles. The number of methoxy groups -OCH3 is 1. The van der Waals surface area contributed by atoms with E-state index in [1.807, 2.05) is 0 Å². The Morgan fingerprint density at radius 1 is 1.39 bits per heavy atom. The largest absolute Gasteiger partial charge is 0.383 e. The molecule has 1 aromatic carbocycles. The number of rotatable bonds is 6. The van der Waals surface area contributed by atoms with Crippen molar-refractivity contribution < 1.29 is 26.4 Å². The summed E-state index contributed by atoms with van der Waals surface area (Å²) in [6.45, 7) is 0.664. The molecule has 9 heteroatoms. The first kappa shape index (κ1) is 17.9. The minimum Gasteiger partial charge on any atom is -0.383 e. The Balaban J connectivity index is 2.20. The SMILES string of the molecule is COCCNC(=O)c1cccc(S(=O)(=O)C2CCS(=O)(=O)C2)c1. The first-order valence-corrected chi connectivity index (χ1v) is 10.4. The normalized spacial score (nSPS) is 20.3. The van der Waals surface area contributed by atoms with E-state index in [9.17, 15) is 21.6 Å². The number of benzene rings is 1. The number of hydrogen-bond acceptors (Lipinski definition) is 6. The van der Waals surface area contributed by atoms with Gasteiger partial charge in [0.2, 0.25) is 0 Å². The van der Waals surface area contributed by atoms with Crippen LogP contribution in [0.3, 0.4) is 0 Å². The van der Waals surface area contributed by atoms with Gasteiger partial charge in [0.15, 0.2) is 19.7 Å². The number of sulfone groups is 2. The molecule has 1 aromatic rings. The van der Waals surface area contributed by atoms with Crippen molar-refractivity contribution >= 4 is 25.6 Å². The van der Waals surface area contributed by atoms with Crippen LogP contribution in [0.1, 0.15) is 16.8 Å². The van der Waals surface area contributed by atoms with Crippen molar-refractivity contribution in [3.8, 4) is 0 Å². The molecule has 7 nitrogen and oxygen atoms in total. The molecular formula is C14H19NO6S2. The second kappa shape index (κ2) is 6.98. The van der Waals surface area contributed by atoms with Gasteiger partial charge in [-0.1, -0.05) is 6.07 Å². The predicted octanol–water partition coefficient (Wildman–Crippen LogP) is 0.0236. The minimum absolute atomic E-state index is 0.0287. The van der Waals surface area contributed by atoms with E-state index >= 15 is 0 Å². The lowest BCUT2D eigenvalue weighted by molar-refractivity contribution is 0.0937. The zero-order valence-corrected chi connectivity index (χ0v) is 14.3. The maximum Gasteiger partial charge on any atom is 0.251 e. The molecule has 2 rings (SSSR count). The van der Waals surface area contributed by atoms with Crippen molar-refractivity contribution in [1.29, 1.82) is 0 Å². The van der Waals surface area contributed by atoms with E-state index in [-0.39, 0.29) is 28.4 Å². The number of amides is 1. The average Bonchev–Trinajstić information content (AvgIpc) is 2.88. The van der Waals surface area contributed by atoms with Crippen LogP contribution in [-0.2, 0) is 24.4 Å². The number of ether oxygens (including phenoxy) is 1. The van der Waals surface area contributed by atoms with Crippen molar-refractivity contribution in [3.05, 3.63) is 29.8 Å². The van der Waals surface area contributed by atoms with Crippen molar-refractivity contribution in [2.45, 2.75) is 16.6 Å². The van der Waals surface area contributed by atoms with Crippen LogP contribution in [0.15, 0.2) is 29.2 Å². The van der Waals surface area contributed by atoms with Crippen molar-refractivity contribution in [2.24, 2.45) is 0 Å². The molecule has 23 heavy (non-hydrogen) atoms. The molecule has 0 spiro atoms. The molecule has 0 saturated carbocycles. The maximum atomic E-state index is 12.5. The van der Waals surface area contributed by atoms with Gasteiger partial charge in [0.25, 0.3) is 5.91 Å². The second-order valence-electron chi connectivity index (χ2n) is 5.35. The summed E-state index contributed by atoms with van der Waals surface area (Å²) in [6, 6.07) is 5.64. The molecule has 1 N–H and O–H groups in total. The summed E-state index contributed by atoms with van der Waals surface area (Å²) < 4.78 is 52.9. The van der Waals surface area contributed by atoms with Crippen molar-refractivity contribution in [1.82, 2.24) is 5.32 Å². The molecule has 1 aliphatic rings. The van der Waals surface area contributed by atoms with Gasteiger partial charge in [-0.15, -0.1) is 0 Å². The highest BCUT2D eigenvalue weighted by Gasteiger charge is 2.38. The lowest BCUT2D eigenvalue weighted by Crippen LogP contribution is -2.27. The Bertz CT molecular complexity index is 785. The molecule has 1 unspecified atom stereocenters. The third-order valence-electron chi connectivity index (χ3n) is 3.65. The first-order valence-electron chi connectivity index (χ1n) is 7.08. The van der Waals surface area contributed by atoms with Crippen LogP contribution in [0.25, 0.3) is 0 Å². The van der Waals surface area contributed by atoms with Crippen LogP contribution in [0.2, 0.25) is 0 Å². The summed E-state index contributed by atoms with van der Waals surface area (Å²) in [5.74, 6) is -0.883. The summed E-state index contributed by atoms with van der Waals surface area (Å²) in [6.07, 6.45) is 0.0922. The molecule has 0 aliphatic carbocycles. The highest BCUT2D eigenvalue weighted by Crippen LogP contribution is 2.25. The molecule has 1 atom stereocenters. The maximum absolute atomic E-state index is 12.5. The fourth-order valence-electron chi connectivity index (χ4n) is 2.38. The summed E-state index contributed by atoms with van der Waals surface area (Å²) in [7, 11) is -5.57. The smallest absolute Gasteiger partial charge is 0.251 e. The lowest BCUT2D eigenvalue weighted by Gasteiger charge is -2.11. The molecule has 1 heterocycles. The summed E-state index contributed by atoms with van der Waals surface area (Å²) >= 11 is 0. The molecular weight excluding hydrogens is 342 g/mol. The molecule has 0 bridgehead atoms. The van der Waals surface area contributed by atoms with Gasteiger partial charge in [-0.2, -0.15) is 0 Å². The van der Waals surface area contributed by atoms with Gasteiger partial charge in [-0.3, -0.25) is 4.79 Å². The summed E-state index contributed by atoms with van der Waals surface area (Å²) in [5, 5.41) is 1.66. The zero-order chi connectivity index (χ0) is 17.1. The Kier molecular flexibility index (Phi) is 5.43. The third-order valence-corrected chi connectivity index (χ3v) is 7.82. The monoisotopic (exact) mass is 361 g/mol. The lowest BCUT2D eigenvalue weighted by atomic mass is 10.2. The molecule has 1 saturated heterocycles. The van der Waals surface area contributed by atoms with Gasteiger partial charge in [0, 0.05) is 19.2 Å². The number of hydrogen-bond donors (Lipinski definition) is 1. The van der Waals surface area contributed by atoms with Gasteiger partial charge >= 0.3 is 0 Å². The number of carbonyl (C=O) groups excluding carboxylic acids is 1. The second-order valence-corrected chi connectivity index (χ2v) is 9.80. The van der Waals surface area contributed by atoms with Gasteiger partial charge in [0.1, 0.15) is 0 Å². The van der Waals surface area contributed by atoms with Crippen molar-refractivity contribution in [2.75, 3.05) is 31.8 Å². The topological polar surface area (TPSA) is 107 Å². The Morgan fingerprint density at radius 3 is 2.74 bits per heavy atom. The highest BCUT2D eigenvalue weighted by atomic mass is 32.2. The van der Waals surface area contributed by atoms with Crippen LogP contribution >= 0.6 is 0 Å². The minimum atomic E-state index is -3.77. The van der Waals surface area contributed by atoms with E-state index in [0.29, 0.717) is 13.2 Å². The standard InChI is InChI=1S/C14H19NO6S2/c1-21-7-6-15-14(16)11-3-2-4-12(9-11)23(19,20)13-5-8-22(17,18)10-13/h2-4,9,13H,5-8,10H2,1H3,(H,15,16). The summed E-state index contributed by atoms with van der Waals surface area (Å²) in [4.78, 5) is 11.9. The van der Waals surface area contributed by atoms with Gasteiger partial charge in [0.05, 0.1) is 28.3 Å². The fourth-order valence-corrected chi connectivity index (χ4v) is 6.78. The molecule has 0 radical (unpaired) electrons. The van der Waals surface area contributed by atoms with Crippen LogP contribution in [0.4, 0.5) is 0 Å².